The largest absolute Gasteiger partial charge is 0.389 e. The zero-order valence-electron chi connectivity index (χ0n) is 8.89. The Bertz CT molecular complexity index is 351. The molecule has 1 saturated carbocycles. The molecule has 1 aliphatic heterocycles. The molecular formula is C13H17NO. The predicted molar refractivity (Wildman–Crippen MR) is 59.4 cm³/mol. The van der Waals surface area contributed by atoms with E-state index in [0.29, 0.717) is 5.92 Å². The standard InChI is InChI=1S/C13H17NO/c15-13-6-7-14(10-12(13)8-13)9-11-4-2-1-3-5-11/h1-5,12,15H,6-10H2/t12-,13-/m0/s1. The maximum atomic E-state index is 9.91. The number of hydrogen-bond acceptors (Lipinski definition) is 2. The molecule has 0 unspecified atom stereocenters. The molecule has 1 saturated heterocycles. The summed E-state index contributed by atoms with van der Waals surface area (Å²) >= 11 is 0. The van der Waals surface area contributed by atoms with Gasteiger partial charge in [-0.15, -0.1) is 0 Å². The van der Waals surface area contributed by atoms with Crippen LogP contribution in [0.1, 0.15) is 18.4 Å². The average Bonchev–Trinajstić information content (AvgIpc) is 2.91. The first-order valence-corrected chi connectivity index (χ1v) is 5.75. The number of benzene rings is 1. The minimum Gasteiger partial charge on any atom is -0.389 e. The lowest BCUT2D eigenvalue weighted by Crippen LogP contribution is -2.36. The van der Waals surface area contributed by atoms with Crippen LogP contribution in [0.5, 0.6) is 0 Å². The number of piperidine rings is 1. The molecule has 15 heavy (non-hydrogen) atoms. The molecule has 0 aromatic heterocycles. The molecule has 1 aliphatic carbocycles. The van der Waals surface area contributed by atoms with Crippen molar-refractivity contribution in [3.63, 3.8) is 0 Å². The third-order valence-electron chi connectivity index (χ3n) is 3.79. The van der Waals surface area contributed by atoms with E-state index < -0.39 is 0 Å². The van der Waals surface area contributed by atoms with Gasteiger partial charge in [-0.2, -0.15) is 0 Å². The molecule has 2 aliphatic rings. The smallest absolute Gasteiger partial charge is 0.0705 e. The van der Waals surface area contributed by atoms with Crippen LogP contribution in [-0.4, -0.2) is 28.7 Å². The van der Waals surface area contributed by atoms with Gasteiger partial charge in [0.25, 0.3) is 0 Å². The first-order valence-electron chi connectivity index (χ1n) is 5.75. The van der Waals surface area contributed by atoms with Crippen molar-refractivity contribution < 1.29 is 5.11 Å². The SMILES string of the molecule is O[C@]12CCN(Cc3ccccc3)C[C@@H]1C2. The molecule has 2 heteroatoms. The van der Waals surface area contributed by atoms with E-state index in [1.54, 1.807) is 0 Å². The Kier molecular flexibility index (Phi) is 2.08. The Morgan fingerprint density at radius 1 is 1.33 bits per heavy atom. The van der Waals surface area contributed by atoms with Crippen molar-refractivity contribution >= 4 is 0 Å². The number of nitrogens with zero attached hydrogens (tertiary/aromatic N) is 1. The summed E-state index contributed by atoms with van der Waals surface area (Å²) in [6.45, 7) is 3.15. The number of likely N-dealkylation sites (tertiary alicyclic amines) is 1. The normalized spacial score (nSPS) is 34.9. The highest BCUT2D eigenvalue weighted by molar-refractivity contribution is 5.15. The van der Waals surface area contributed by atoms with E-state index in [-0.39, 0.29) is 5.60 Å². The third-order valence-corrected chi connectivity index (χ3v) is 3.79. The highest BCUT2D eigenvalue weighted by Crippen LogP contribution is 2.49. The lowest BCUT2D eigenvalue weighted by molar-refractivity contribution is 0.0618. The van der Waals surface area contributed by atoms with Crippen LogP contribution in [0, 0.1) is 5.92 Å². The molecule has 1 heterocycles. The van der Waals surface area contributed by atoms with E-state index >= 15 is 0 Å². The number of rotatable bonds is 2. The average molecular weight is 203 g/mol. The van der Waals surface area contributed by atoms with Crippen molar-refractivity contribution in [1.29, 1.82) is 0 Å². The second-order valence-corrected chi connectivity index (χ2v) is 4.98. The first-order chi connectivity index (χ1) is 7.26. The van der Waals surface area contributed by atoms with E-state index in [9.17, 15) is 5.11 Å². The summed E-state index contributed by atoms with van der Waals surface area (Å²) in [6.07, 6.45) is 1.99. The molecule has 0 bridgehead atoms. The van der Waals surface area contributed by atoms with E-state index in [0.717, 1.165) is 32.5 Å². The van der Waals surface area contributed by atoms with Crippen molar-refractivity contribution in [2.24, 2.45) is 5.92 Å². The Morgan fingerprint density at radius 2 is 2.13 bits per heavy atom. The summed E-state index contributed by atoms with van der Waals surface area (Å²) in [7, 11) is 0. The van der Waals surface area contributed by atoms with Gasteiger partial charge in [0.05, 0.1) is 5.60 Å². The summed E-state index contributed by atoms with van der Waals surface area (Å²) in [4.78, 5) is 2.46. The van der Waals surface area contributed by atoms with E-state index in [1.165, 1.54) is 5.56 Å². The van der Waals surface area contributed by atoms with Crippen LogP contribution >= 0.6 is 0 Å². The fourth-order valence-electron chi connectivity index (χ4n) is 2.65. The summed E-state index contributed by atoms with van der Waals surface area (Å²) in [5, 5.41) is 9.91. The van der Waals surface area contributed by atoms with Crippen LogP contribution in [0.4, 0.5) is 0 Å². The Hall–Kier alpha value is -0.860. The van der Waals surface area contributed by atoms with Crippen LogP contribution in [-0.2, 0) is 6.54 Å². The van der Waals surface area contributed by atoms with Gasteiger partial charge in [-0.1, -0.05) is 30.3 Å². The molecule has 2 atom stereocenters. The monoisotopic (exact) mass is 203 g/mol. The van der Waals surface area contributed by atoms with Crippen molar-refractivity contribution in [2.75, 3.05) is 13.1 Å². The zero-order chi connectivity index (χ0) is 10.3. The molecule has 0 radical (unpaired) electrons. The van der Waals surface area contributed by atoms with Crippen LogP contribution in [0.15, 0.2) is 30.3 Å². The third kappa shape index (κ3) is 1.80. The summed E-state index contributed by atoms with van der Waals surface area (Å²) < 4.78 is 0. The van der Waals surface area contributed by atoms with Gasteiger partial charge < -0.3 is 5.11 Å². The zero-order valence-corrected chi connectivity index (χ0v) is 8.89. The maximum absolute atomic E-state index is 9.91. The van der Waals surface area contributed by atoms with Crippen LogP contribution in [0.2, 0.25) is 0 Å². The molecule has 1 aromatic rings. The van der Waals surface area contributed by atoms with Gasteiger partial charge in [-0.25, -0.2) is 0 Å². The topological polar surface area (TPSA) is 23.5 Å². The van der Waals surface area contributed by atoms with E-state index in [4.69, 9.17) is 0 Å². The van der Waals surface area contributed by atoms with Gasteiger partial charge in [0, 0.05) is 25.6 Å². The van der Waals surface area contributed by atoms with Crippen LogP contribution < -0.4 is 0 Å². The molecule has 1 aromatic carbocycles. The Labute approximate surface area is 90.5 Å². The van der Waals surface area contributed by atoms with Gasteiger partial charge in [0.1, 0.15) is 0 Å². The highest BCUT2D eigenvalue weighted by atomic mass is 16.3. The van der Waals surface area contributed by atoms with Gasteiger partial charge in [-0.3, -0.25) is 4.90 Å². The van der Waals surface area contributed by atoms with Crippen LogP contribution in [0.25, 0.3) is 0 Å². The van der Waals surface area contributed by atoms with Gasteiger partial charge in [0.15, 0.2) is 0 Å². The number of aliphatic hydroxyl groups is 1. The number of hydrogen-bond donors (Lipinski definition) is 1. The lowest BCUT2D eigenvalue weighted by Gasteiger charge is -2.29. The van der Waals surface area contributed by atoms with Crippen molar-refractivity contribution in [2.45, 2.75) is 25.0 Å². The van der Waals surface area contributed by atoms with Crippen molar-refractivity contribution in [3.8, 4) is 0 Å². The second kappa shape index (κ2) is 3.32. The minimum atomic E-state index is -0.271. The van der Waals surface area contributed by atoms with E-state index in [2.05, 4.69) is 35.2 Å². The van der Waals surface area contributed by atoms with Gasteiger partial charge >= 0.3 is 0 Å². The Balaban J connectivity index is 1.61. The van der Waals surface area contributed by atoms with Crippen molar-refractivity contribution in [1.82, 2.24) is 4.90 Å². The molecule has 2 nitrogen and oxygen atoms in total. The fraction of sp³-hybridized carbons (Fsp3) is 0.538. The molecule has 0 amide bonds. The quantitative estimate of drug-likeness (QED) is 0.790. The molecule has 1 N–H and O–H groups in total. The predicted octanol–water partition coefficient (Wildman–Crippen LogP) is 1.64. The summed E-state index contributed by atoms with van der Waals surface area (Å²) in [5.74, 6) is 0.551. The van der Waals surface area contributed by atoms with Crippen molar-refractivity contribution in [3.05, 3.63) is 35.9 Å². The number of fused-ring (bicyclic) bond motifs is 1. The maximum Gasteiger partial charge on any atom is 0.0705 e. The highest BCUT2D eigenvalue weighted by Gasteiger charge is 2.55. The van der Waals surface area contributed by atoms with Crippen LogP contribution in [0.3, 0.4) is 0 Å². The van der Waals surface area contributed by atoms with Gasteiger partial charge in [-0.05, 0) is 18.4 Å². The Morgan fingerprint density at radius 3 is 2.87 bits per heavy atom. The van der Waals surface area contributed by atoms with E-state index in [1.807, 2.05) is 0 Å². The minimum absolute atomic E-state index is 0.271. The second-order valence-electron chi connectivity index (χ2n) is 4.98. The summed E-state index contributed by atoms with van der Waals surface area (Å²) in [5.41, 5.74) is 1.11. The fourth-order valence-corrected chi connectivity index (χ4v) is 2.65. The molecule has 3 rings (SSSR count). The lowest BCUT2D eigenvalue weighted by atomic mass is 10.1. The molecule has 2 fully saturated rings. The molecule has 80 valence electrons. The first kappa shape index (κ1) is 9.37. The molecular weight excluding hydrogens is 186 g/mol. The summed E-state index contributed by atoms with van der Waals surface area (Å²) in [6, 6.07) is 10.6. The van der Waals surface area contributed by atoms with Gasteiger partial charge in [0.2, 0.25) is 0 Å². The molecule has 0 spiro atoms.